The van der Waals surface area contributed by atoms with Crippen molar-refractivity contribution in [3.63, 3.8) is 0 Å². The Balaban J connectivity index is 1.42. The van der Waals surface area contributed by atoms with Gasteiger partial charge in [0.15, 0.2) is 0 Å². The molecule has 0 saturated heterocycles. The summed E-state index contributed by atoms with van der Waals surface area (Å²) in [5.41, 5.74) is 2.16. The van der Waals surface area contributed by atoms with Crippen molar-refractivity contribution in [2.24, 2.45) is 0 Å². The lowest BCUT2D eigenvalue weighted by Gasteiger charge is -2.08. The molecule has 0 atom stereocenters. The first-order valence-corrected chi connectivity index (χ1v) is 8.36. The maximum Gasteiger partial charge on any atom is 0.243 e. The number of anilines is 1. The van der Waals surface area contributed by atoms with E-state index in [4.69, 9.17) is 0 Å². The average molecular weight is 367 g/mol. The minimum atomic E-state index is -0.331. The van der Waals surface area contributed by atoms with Crippen LogP contribution in [0.1, 0.15) is 12.0 Å². The number of carbonyl (C=O) groups excluding carboxylic acids is 2. The molecule has 0 aliphatic carbocycles. The summed E-state index contributed by atoms with van der Waals surface area (Å²) in [5.74, 6) is -0.930. The van der Waals surface area contributed by atoms with Crippen molar-refractivity contribution in [3.05, 3.63) is 72.6 Å². The van der Waals surface area contributed by atoms with Gasteiger partial charge in [-0.05, 0) is 48.4 Å². The minimum absolute atomic E-state index is 0.132. The van der Waals surface area contributed by atoms with Gasteiger partial charge in [-0.1, -0.05) is 12.1 Å². The van der Waals surface area contributed by atoms with E-state index >= 15 is 0 Å². The first-order chi connectivity index (χ1) is 13.1. The van der Waals surface area contributed by atoms with Gasteiger partial charge in [-0.25, -0.2) is 14.1 Å². The zero-order valence-electron chi connectivity index (χ0n) is 14.4. The second kappa shape index (κ2) is 8.70. The van der Waals surface area contributed by atoms with Gasteiger partial charge < -0.3 is 10.6 Å². The predicted molar refractivity (Wildman–Crippen MR) is 97.7 cm³/mol. The Bertz CT molecular complexity index is 910. The number of rotatable bonds is 7. The second-order valence-corrected chi connectivity index (χ2v) is 5.84. The van der Waals surface area contributed by atoms with E-state index in [9.17, 15) is 14.0 Å². The van der Waals surface area contributed by atoms with E-state index in [1.165, 1.54) is 18.5 Å². The standard InChI is InChI=1S/C19H18FN5O2/c20-15-3-1-2-14(10-15)4-9-18(26)22-11-19(27)24-16-5-7-17(8-6-16)25-13-21-12-23-25/h1-3,5-8,10,12-13H,4,9,11H2,(H,22,26)(H,24,27). The number of aromatic nitrogens is 3. The molecule has 0 fully saturated rings. The third-order valence-electron chi connectivity index (χ3n) is 3.81. The molecule has 0 unspecified atom stereocenters. The molecular weight excluding hydrogens is 349 g/mol. The fourth-order valence-corrected chi connectivity index (χ4v) is 2.46. The predicted octanol–water partition coefficient (Wildman–Crippen LogP) is 2.09. The minimum Gasteiger partial charge on any atom is -0.347 e. The topological polar surface area (TPSA) is 88.9 Å². The molecule has 0 saturated carbocycles. The molecule has 1 aromatic heterocycles. The molecule has 0 aliphatic heterocycles. The van der Waals surface area contributed by atoms with Crippen LogP contribution in [-0.4, -0.2) is 33.1 Å². The van der Waals surface area contributed by atoms with Gasteiger partial charge in [0.2, 0.25) is 11.8 Å². The van der Waals surface area contributed by atoms with Crippen LogP contribution in [-0.2, 0) is 16.0 Å². The summed E-state index contributed by atoms with van der Waals surface area (Å²) in [5, 5.41) is 9.28. The molecule has 2 N–H and O–H groups in total. The van der Waals surface area contributed by atoms with Crippen molar-refractivity contribution in [2.75, 3.05) is 11.9 Å². The Morgan fingerprint density at radius 2 is 1.89 bits per heavy atom. The van der Waals surface area contributed by atoms with E-state index in [-0.39, 0.29) is 30.6 Å². The molecule has 0 spiro atoms. The lowest BCUT2D eigenvalue weighted by Crippen LogP contribution is -2.32. The van der Waals surface area contributed by atoms with E-state index < -0.39 is 0 Å². The van der Waals surface area contributed by atoms with Crippen LogP contribution in [0.4, 0.5) is 10.1 Å². The first kappa shape index (κ1) is 18.2. The Hall–Kier alpha value is -3.55. The van der Waals surface area contributed by atoms with Crippen LogP contribution in [0.5, 0.6) is 0 Å². The molecule has 0 bridgehead atoms. The van der Waals surface area contributed by atoms with Crippen LogP contribution in [0, 0.1) is 5.82 Å². The summed E-state index contributed by atoms with van der Waals surface area (Å²) in [6.45, 7) is -0.132. The lowest BCUT2D eigenvalue weighted by molar-refractivity contribution is -0.124. The maximum atomic E-state index is 13.1. The van der Waals surface area contributed by atoms with E-state index in [1.807, 2.05) is 0 Å². The molecule has 2 aromatic carbocycles. The molecule has 0 aliphatic rings. The third-order valence-corrected chi connectivity index (χ3v) is 3.81. The molecule has 138 valence electrons. The lowest BCUT2D eigenvalue weighted by atomic mass is 10.1. The number of benzene rings is 2. The monoisotopic (exact) mass is 367 g/mol. The van der Waals surface area contributed by atoms with E-state index in [0.29, 0.717) is 12.1 Å². The van der Waals surface area contributed by atoms with E-state index in [2.05, 4.69) is 20.7 Å². The molecule has 3 aromatic rings. The summed E-state index contributed by atoms with van der Waals surface area (Å²) < 4.78 is 14.7. The quantitative estimate of drug-likeness (QED) is 0.669. The number of nitrogens with zero attached hydrogens (tertiary/aromatic N) is 3. The van der Waals surface area contributed by atoms with Crippen molar-refractivity contribution in [1.82, 2.24) is 20.1 Å². The molecule has 2 amide bonds. The Morgan fingerprint density at radius 3 is 2.59 bits per heavy atom. The summed E-state index contributed by atoms with van der Waals surface area (Å²) >= 11 is 0. The van der Waals surface area contributed by atoms with Crippen LogP contribution in [0.15, 0.2) is 61.2 Å². The number of nitrogens with one attached hydrogen (secondary N) is 2. The fraction of sp³-hybridized carbons (Fsp3) is 0.158. The molecule has 7 nitrogen and oxygen atoms in total. The summed E-state index contributed by atoms with van der Waals surface area (Å²) in [4.78, 5) is 27.7. The molecule has 27 heavy (non-hydrogen) atoms. The highest BCUT2D eigenvalue weighted by Gasteiger charge is 2.07. The van der Waals surface area contributed by atoms with Gasteiger partial charge in [0.25, 0.3) is 0 Å². The number of carbonyl (C=O) groups is 2. The van der Waals surface area contributed by atoms with E-state index in [1.54, 1.807) is 47.4 Å². The summed E-state index contributed by atoms with van der Waals surface area (Å²) in [6, 6.07) is 13.2. The van der Waals surface area contributed by atoms with Gasteiger partial charge in [-0.3, -0.25) is 9.59 Å². The smallest absolute Gasteiger partial charge is 0.243 e. The normalized spacial score (nSPS) is 10.4. The zero-order chi connectivity index (χ0) is 19.1. The van der Waals surface area contributed by atoms with Crippen molar-refractivity contribution >= 4 is 17.5 Å². The number of amides is 2. The number of hydrogen-bond acceptors (Lipinski definition) is 4. The van der Waals surface area contributed by atoms with Crippen LogP contribution in [0.25, 0.3) is 5.69 Å². The summed E-state index contributed by atoms with van der Waals surface area (Å²) in [7, 11) is 0. The third kappa shape index (κ3) is 5.46. The van der Waals surface area contributed by atoms with Crippen molar-refractivity contribution < 1.29 is 14.0 Å². The van der Waals surface area contributed by atoms with E-state index in [0.717, 1.165) is 11.3 Å². The summed E-state index contributed by atoms with van der Waals surface area (Å²) in [6.07, 6.45) is 3.61. The zero-order valence-corrected chi connectivity index (χ0v) is 14.4. The van der Waals surface area contributed by atoms with Gasteiger partial charge in [0, 0.05) is 12.1 Å². The molecular formula is C19H18FN5O2. The number of aryl methyl sites for hydroxylation is 1. The largest absolute Gasteiger partial charge is 0.347 e. The second-order valence-electron chi connectivity index (χ2n) is 5.84. The fourth-order valence-electron chi connectivity index (χ4n) is 2.46. The highest BCUT2D eigenvalue weighted by Crippen LogP contribution is 2.12. The Kier molecular flexibility index (Phi) is 5.88. The van der Waals surface area contributed by atoms with Gasteiger partial charge >= 0.3 is 0 Å². The van der Waals surface area contributed by atoms with Crippen molar-refractivity contribution in [2.45, 2.75) is 12.8 Å². The van der Waals surface area contributed by atoms with Crippen LogP contribution >= 0.6 is 0 Å². The van der Waals surface area contributed by atoms with Gasteiger partial charge in [-0.2, -0.15) is 5.10 Å². The molecule has 3 rings (SSSR count). The molecule has 0 radical (unpaired) electrons. The Morgan fingerprint density at radius 1 is 1.07 bits per heavy atom. The maximum absolute atomic E-state index is 13.1. The Labute approximate surface area is 155 Å². The SMILES string of the molecule is O=C(CCc1cccc(F)c1)NCC(=O)Nc1ccc(-n2cncn2)cc1. The van der Waals surface area contributed by atoms with Gasteiger partial charge in [0.05, 0.1) is 12.2 Å². The first-order valence-electron chi connectivity index (χ1n) is 8.36. The highest BCUT2D eigenvalue weighted by atomic mass is 19.1. The van der Waals surface area contributed by atoms with Gasteiger partial charge in [-0.15, -0.1) is 0 Å². The number of halogens is 1. The highest BCUT2D eigenvalue weighted by molar-refractivity contribution is 5.94. The average Bonchev–Trinajstić information content (AvgIpc) is 3.20. The van der Waals surface area contributed by atoms with Crippen LogP contribution in [0.3, 0.4) is 0 Å². The van der Waals surface area contributed by atoms with Crippen LogP contribution < -0.4 is 10.6 Å². The van der Waals surface area contributed by atoms with Crippen LogP contribution in [0.2, 0.25) is 0 Å². The van der Waals surface area contributed by atoms with Crippen molar-refractivity contribution in [1.29, 1.82) is 0 Å². The van der Waals surface area contributed by atoms with Crippen molar-refractivity contribution in [3.8, 4) is 5.69 Å². The van der Waals surface area contributed by atoms with Gasteiger partial charge in [0.1, 0.15) is 18.5 Å². The molecule has 1 heterocycles. The number of hydrogen-bond donors (Lipinski definition) is 2. The molecule has 8 heteroatoms.